The molecular weight excluding hydrogens is 366 g/mol. The molecule has 0 atom stereocenters. The number of nitrogens with zero attached hydrogens (tertiary/aromatic N) is 1. The van der Waals surface area contributed by atoms with Gasteiger partial charge in [0.05, 0.1) is 18.1 Å². The molecule has 0 unspecified atom stereocenters. The molecule has 1 N–H and O–H groups in total. The number of non-ortho nitro benzene ring substituents is 1. The van der Waals surface area contributed by atoms with Crippen LogP contribution in [-0.4, -0.2) is 16.6 Å². The molecule has 0 saturated carbocycles. The fourth-order valence-corrected chi connectivity index (χ4v) is 2.45. The minimum atomic E-state index is -0.443. The third-order valence-corrected chi connectivity index (χ3v) is 3.84. The topological polar surface area (TPSA) is 81.8 Å². The summed E-state index contributed by atoms with van der Waals surface area (Å²) in [7, 11) is 0. The second-order valence-corrected chi connectivity index (χ2v) is 5.55. The van der Waals surface area contributed by atoms with Crippen LogP contribution in [0.1, 0.15) is 18.1 Å². The van der Waals surface area contributed by atoms with Crippen molar-refractivity contribution < 1.29 is 19.5 Å². The maximum atomic E-state index is 10.8. The standard InChI is InChI=1S/C16H16BrNO5/c1-2-22-15-7-12(9-19)14(17)8-16(15)23-10-11-4-3-5-13(6-11)18(20)21/h3-8,19H,2,9-10H2,1H3. The molecule has 0 aliphatic rings. The molecule has 2 rings (SSSR count). The SMILES string of the molecule is CCOc1cc(CO)c(Br)cc1OCc1cccc([N+](=O)[O-])c1. The van der Waals surface area contributed by atoms with Gasteiger partial charge in [0.25, 0.3) is 5.69 Å². The van der Waals surface area contributed by atoms with Crippen molar-refractivity contribution in [3.8, 4) is 11.5 Å². The molecule has 7 heteroatoms. The summed E-state index contributed by atoms with van der Waals surface area (Å²) < 4.78 is 12.0. The number of nitro groups is 1. The van der Waals surface area contributed by atoms with Crippen LogP contribution in [0.3, 0.4) is 0 Å². The summed E-state index contributed by atoms with van der Waals surface area (Å²) in [4.78, 5) is 10.4. The maximum absolute atomic E-state index is 10.8. The molecule has 0 aliphatic heterocycles. The zero-order valence-corrected chi connectivity index (χ0v) is 14.1. The molecule has 0 aromatic heterocycles. The van der Waals surface area contributed by atoms with Crippen LogP contribution in [0.4, 0.5) is 5.69 Å². The summed E-state index contributed by atoms with van der Waals surface area (Å²) in [6, 6.07) is 9.69. The van der Waals surface area contributed by atoms with Crippen LogP contribution < -0.4 is 9.47 Å². The van der Waals surface area contributed by atoms with Gasteiger partial charge in [0, 0.05) is 16.6 Å². The van der Waals surface area contributed by atoms with Crippen molar-refractivity contribution in [2.24, 2.45) is 0 Å². The zero-order valence-electron chi connectivity index (χ0n) is 12.5. The summed E-state index contributed by atoms with van der Waals surface area (Å²) in [6.45, 7) is 2.36. The Labute approximate surface area is 141 Å². The number of hydrogen-bond acceptors (Lipinski definition) is 5. The largest absolute Gasteiger partial charge is 0.490 e. The Balaban J connectivity index is 2.20. The molecule has 0 saturated heterocycles. The van der Waals surface area contributed by atoms with Crippen molar-refractivity contribution in [1.82, 2.24) is 0 Å². The summed E-state index contributed by atoms with van der Waals surface area (Å²) >= 11 is 3.36. The number of aliphatic hydroxyl groups excluding tert-OH is 1. The summed E-state index contributed by atoms with van der Waals surface area (Å²) in [5, 5.41) is 20.1. The molecule has 122 valence electrons. The van der Waals surface area contributed by atoms with Gasteiger partial charge < -0.3 is 14.6 Å². The third kappa shape index (κ3) is 4.43. The number of halogens is 1. The van der Waals surface area contributed by atoms with Crippen molar-refractivity contribution in [1.29, 1.82) is 0 Å². The van der Waals surface area contributed by atoms with Gasteiger partial charge in [-0.05, 0) is 30.2 Å². The third-order valence-electron chi connectivity index (χ3n) is 3.10. The Bertz CT molecular complexity index is 705. The van der Waals surface area contributed by atoms with Crippen molar-refractivity contribution in [2.75, 3.05) is 6.61 Å². The van der Waals surface area contributed by atoms with Crippen molar-refractivity contribution in [2.45, 2.75) is 20.1 Å². The zero-order chi connectivity index (χ0) is 16.8. The minimum absolute atomic E-state index is 0.0212. The van der Waals surface area contributed by atoms with Crippen LogP contribution in [0.2, 0.25) is 0 Å². The van der Waals surface area contributed by atoms with Crippen LogP contribution >= 0.6 is 15.9 Å². The fraction of sp³-hybridized carbons (Fsp3) is 0.250. The fourth-order valence-electron chi connectivity index (χ4n) is 2.00. The first-order valence-corrected chi connectivity index (χ1v) is 7.76. The molecule has 0 radical (unpaired) electrons. The molecular formula is C16H16BrNO5. The first-order valence-electron chi connectivity index (χ1n) is 6.97. The van der Waals surface area contributed by atoms with Crippen LogP contribution in [-0.2, 0) is 13.2 Å². The molecule has 23 heavy (non-hydrogen) atoms. The number of ether oxygens (including phenoxy) is 2. The number of hydrogen-bond donors (Lipinski definition) is 1. The first kappa shape index (κ1) is 17.2. The van der Waals surface area contributed by atoms with Gasteiger partial charge in [-0.2, -0.15) is 0 Å². The lowest BCUT2D eigenvalue weighted by molar-refractivity contribution is -0.384. The Kier molecular flexibility index (Phi) is 5.95. The molecule has 6 nitrogen and oxygen atoms in total. The molecule has 0 spiro atoms. The molecule has 0 amide bonds. The molecule has 0 fully saturated rings. The van der Waals surface area contributed by atoms with Gasteiger partial charge >= 0.3 is 0 Å². The van der Waals surface area contributed by atoms with E-state index in [4.69, 9.17) is 9.47 Å². The van der Waals surface area contributed by atoms with Crippen molar-refractivity contribution >= 4 is 21.6 Å². The van der Waals surface area contributed by atoms with E-state index in [0.29, 0.717) is 33.7 Å². The second-order valence-electron chi connectivity index (χ2n) is 4.70. The Hall–Kier alpha value is -2.12. The number of aliphatic hydroxyl groups is 1. The predicted octanol–water partition coefficient (Wildman–Crippen LogP) is 3.83. The van der Waals surface area contributed by atoms with Gasteiger partial charge in [-0.1, -0.05) is 28.1 Å². The maximum Gasteiger partial charge on any atom is 0.269 e. The van der Waals surface area contributed by atoms with E-state index in [0.717, 1.165) is 0 Å². The average Bonchev–Trinajstić information content (AvgIpc) is 2.55. The molecule has 2 aromatic rings. The van der Waals surface area contributed by atoms with E-state index in [1.54, 1.807) is 24.3 Å². The van der Waals surface area contributed by atoms with Gasteiger partial charge in [0.1, 0.15) is 6.61 Å². The van der Waals surface area contributed by atoms with Crippen molar-refractivity contribution in [3.63, 3.8) is 0 Å². The van der Waals surface area contributed by atoms with Gasteiger partial charge in [-0.3, -0.25) is 10.1 Å². The summed E-state index contributed by atoms with van der Waals surface area (Å²) in [6.07, 6.45) is 0. The van der Waals surface area contributed by atoms with E-state index in [-0.39, 0.29) is 18.9 Å². The van der Waals surface area contributed by atoms with Crippen LogP contribution in [0.15, 0.2) is 40.9 Å². The number of rotatable bonds is 7. The smallest absolute Gasteiger partial charge is 0.269 e. The van der Waals surface area contributed by atoms with Gasteiger partial charge in [-0.25, -0.2) is 0 Å². The highest BCUT2D eigenvalue weighted by Gasteiger charge is 2.12. The van der Waals surface area contributed by atoms with Crippen LogP contribution in [0.25, 0.3) is 0 Å². The highest BCUT2D eigenvalue weighted by molar-refractivity contribution is 9.10. The van der Waals surface area contributed by atoms with E-state index < -0.39 is 4.92 Å². The van der Waals surface area contributed by atoms with Crippen LogP contribution in [0.5, 0.6) is 11.5 Å². The lowest BCUT2D eigenvalue weighted by atomic mass is 10.2. The number of nitro benzene ring substituents is 1. The Morgan fingerprint density at radius 3 is 2.61 bits per heavy atom. The Morgan fingerprint density at radius 2 is 1.96 bits per heavy atom. The van der Waals surface area contributed by atoms with E-state index in [1.807, 2.05) is 6.92 Å². The van der Waals surface area contributed by atoms with Gasteiger partial charge in [0.15, 0.2) is 11.5 Å². The molecule has 0 aliphatic carbocycles. The number of benzene rings is 2. The van der Waals surface area contributed by atoms with Crippen molar-refractivity contribution in [3.05, 3.63) is 62.1 Å². The lowest BCUT2D eigenvalue weighted by Gasteiger charge is -2.14. The highest BCUT2D eigenvalue weighted by Crippen LogP contribution is 2.34. The second kappa shape index (κ2) is 7.94. The van der Waals surface area contributed by atoms with E-state index >= 15 is 0 Å². The van der Waals surface area contributed by atoms with Gasteiger partial charge in [0.2, 0.25) is 0 Å². The molecule has 0 heterocycles. The quantitative estimate of drug-likeness (QED) is 0.582. The highest BCUT2D eigenvalue weighted by atomic mass is 79.9. The normalized spacial score (nSPS) is 10.4. The monoisotopic (exact) mass is 381 g/mol. The molecule has 2 aromatic carbocycles. The minimum Gasteiger partial charge on any atom is -0.490 e. The van der Waals surface area contributed by atoms with E-state index in [1.165, 1.54) is 12.1 Å². The Morgan fingerprint density at radius 1 is 1.22 bits per heavy atom. The summed E-state index contributed by atoms with van der Waals surface area (Å²) in [5.74, 6) is 1.02. The predicted molar refractivity (Wildman–Crippen MR) is 88.7 cm³/mol. The lowest BCUT2D eigenvalue weighted by Crippen LogP contribution is -2.01. The average molecular weight is 382 g/mol. The van der Waals surface area contributed by atoms with Crippen LogP contribution in [0, 0.1) is 10.1 Å². The van der Waals surface area contributed by atoms with Gasteiger partial charge in [-0.15, -0.1) is 0 Å². The molecule has 0 bridgehead atoms. The van der Waals surface area contributed by atoms with E-state index in [2.05, 4.69) is 15.9 Å². The first-order chi connectivity index (χ1) is 11.0. The summed E-state index contributed by atoms with van der Waals surface area (Å²) in [5.41, 5.74) is 1.40. The van der Waals surface area contributed by atoms with E-state index in [9.17, 15) is 15.2 Å².